The summed E-state index contributed by atoms with van der Waals surface area (Å²) in [6.45, 7) is 10.0. The first-order valence-corrected chi connectivity index (χ1v) is 11.2. The predicted molar refractivity (Wildman–Crippen MR) is 112 cm³/mol. The molecule has 4 nitrogen and oxygen atoms in total. The van der Waals surface area contributed by atoms with Gasteiger partial charge in [-0.1, -0.05) is 19.4 Å². The van der Waals surface area contributed by atoms with E-state index < -0.39 is 5.60 Å². The molecule has 160 valence electrons. The zero-order valence-corrected chi connectivity index (χ0v) is 18.9. The molecule has 2 saturated carbocycles. The van der Waals surface area contributed by atoms with Gasteiger partial charge in [-0.25, -0.2) is 0 Å². The van der Waals surface area contributed by atoms with Gasteiger partial charge in [0.1, 0.15) is 0 Å². The second-order valence-corrected chi connectivity index (χ2v) is 10.5. The number of methoxy groups -OCH3 is 1. The maximum Gasteiger partial charge on any atom is 0.303 e. The molecule has 4 heteroatoms. The highest BCUT2D eigenvalue weighted by Gasteiger charge is 2.67. The second kappa shape index (κ2) is 6.72. The van der Waals surface area contributed by atoms with E-state index in [0.29, 0.717) is 24.2 Å². The minimum Gasteiger partial charge on any atom is -0.501 e. The average Bonchev–Trinajstić information content (AvgIpc) is 2.95. The van der Waals surface area contributed by atoms with Gasteiger partial charge in [-0.05, 0) is 87.2 Å². The Morgan fingerprint density at radius 1 is 1.07 bits per heavy atom. The van der Waals surface area contributed by atoms with Crippen molar-refractivity contribution >= 4 is 11.8 Å². The molecular formula is C25H36O4. The summed E-state index contributed by atoms with van der Waals surface area (Å²) in [5, 5.41) is 0. The van der Waals surface area contributed by atoms with Crippen LogP contribution < -0.4 is 0 Å². The van der Waals surface area contributed by atoms with Crippen LogP contribution in [0.25, 0.3) is 0 Å². The van der Waals surface area contributed by atoms with Crippen LogP contribution in [-0.4, -0.2) is 24.5 Å². The van der Waals surface area contributed by atoms with Crippen molar-refractivity contribution in [1.29, 1.82) is 0 Å². The number of esters is 1. The maximum absolute atomic E-state index is 12.8. The van der Waals surface area contributed by atoms with Crippen LogP contribution in [0.15, 0.2) is 23.0 Å². The van der Waals surface area contributed by atoms with Crippen LogP contribution in [0.4, 0.5) is 0 Å². The zero-order chi connectivity index (χ0) is 21.2. The smallest absolute Gasteiger partial charge is 0.303 e. The lowest BCUT2D eigenvalue weighted by atomic mass is 9.46. The number of hydrogen-bond donors (Lipinski definition) is 0. The molecule has 0 radical (unpaired) electrons. The highest BCUT2D eigenvalue weighted by Crippen LogP contribution is 2.68. The van der Waals surface area contributed by atoms with Crippen molar-refractivity contribution in [2.24, 2.45) is 28.6 Å². The van der Waals surface area contributed by atoms with Crippen molar-refractivity contribution in [1.82, 2.24) is 0 Å². The summed E-state index contributed by atoms with van der Waals surface area (Å²) in [4.78, 5) is 24.8. The molecule has 4 rings (SSSR count). The second-order valence-electron chi connectivity index (χ2n) is 10.5. The molecule has 4 aliphatic carbocycles. The molecule has 6 atom stereocenters. The number of carbonyl (C=O) groups excluding carboxylic acids is 2. The van der Waals surface area contributed by atoms with Crippen LogP contribution in [0.3, 0.4) is 0 Å². The Labute approximate surface area is 175 Å². The summed E-state index contributed by atoms with van der Waals surface area (Å²) >= 11 is 0. The fourth-order valence-corrected chi connectivity index (χ4v) is 7.96. The van der Waals surface area contributed by atoms with Crippen LogP contribution >= 0.6 is 0 Å². The van der Waals surface area contributed by atoms with E-state index in [4.69, 9.17) is 9.47 Å². The molecule has 0 spiro atoms. The lowest BCUT2D eigenvalue weighted by Gasteiger charge is -2.59. The van der Waals surface area contributed by atoms with E-state index in [1.165, 1.54) is 18.1 Å². The Morgan fingerprint density at radius 2 is 1.76 bits per heavy atom. The van der Waals surface area contributed by atoms with Gasteiger partial charge in [0.2, 0.25) is 0 Å². The molecule has 0 bridgehead atoms. The highest BCUT2D eigenvalue weighted by molar-refractivity contribution is 5.89. The van der Waals surface area contributed by atoms with Crippen LogP contribution in [0.2, 0.25) is 0 Å². The van der Waals surface area contributed by atoms with Crippen LogP contribution in [0, 0.1) is 28.6 Å². The van der Waals surface area contributed by atoms with Crippen molar-refractivity contribution in [2.45, 2.75) is 85.2 Å². The van der Waals surface area contributed by atoms with Crippen LogP contribution in [-0.2, 0) is 19.1 Å². The number of rotatable bonds is 3. The van der Waals surface area contributed by atoms with Crippen molar-refractivity contribution in [2.75, 3.05) is 7.11 Å². The Kier molecular flexibility index (Phi) is 4.79. The average molecular weight is 401 g/mol. The summed E-state index contributed by atoms with van der Waals surface area (Å²) in [5.74, 6) is 2.39. The number of fused-ring (bicyclic) bond motifs is 5. The Bertz CT molecular complexity index is 808. The summed E-state index contributed by atoms with van der Waals surface area (Å²) < 4.78 is 11.5. The van der Waals surface area contributed by atoms with Gasteiger partial charge in [-0.15, -0.1) is 0 Å². The molecule has 0 unspecified atom stereocenters. The largest absolute Gasteiger partial charge is 0.501 e. The van der Waals surface area contributed by atoms with E-state index in [2.05, 4.69) is 26.8 Å². The molecule has 0 aromatic carbocycles. The maximum atomic E-state index is 12.8. The number of allylic oxidation sites excluding steroid dienone is 4. The summed E-state index contributed by atoms with van der Waals surface area (Å²) in [6.07, 6.45) is 9.21. The number of ether oxygens (including phenoxy) is 2. The molecule has 0 heterocycles. The molecule has 0 amide bonds. The topological polar surface area (TPSA) is 52.6 Å². The van der Waals surface area contributed by atoms with Gasteiger partial charge in [-0.3, -0.25) is 9.59 Å². The molecular weight excluding hydrogens is 364 g/mol. The van der Waals surface area contributed by atoms with Crippen molar-refractivity contribution in [3.8, 4) is 0 Å². The van der Waals surface area contributed by atoms with Gasteiger partial charge in [-0.2, -0.15) is 0 Å². The Balaban J connectivity index is 1.75. The quantitative estimate of drug-likeness (QED) is 0.598. The molecule has 2 fully saturated rings. The number of carbonyl (C=O) groups is 2. The summed E-state index contributed by atoms with van der Waals surface area (Å²) in [5.41, 5.74) is 1.94. The van der Waals surface area contributed by atoms with Crippen molar-refractivity contribution in [3.05, 3.63) is 23.0 Å². The van der Waals surface area contributed by atoms with E-state index in [9.17, 15) is 9.59 Å². The lowest BCUT2D eigenvalue weighted by Crippen LogP contribution is -2.58. The van der Waals surface area contributed by atoms with Gasteiger partial charge in [0, 0.05) is 18.8 Å². The van der Waals surface area contributed by atoms with Gasteiger partial charge >= 0.3 is 5.97 Å². The number of ketones is 1. The third-order valence-electron chi connectivity index (χ3n) is 9.34. The van der Waals surface area contributed by atoms with Gasteiger partial charge in [0.05, 0.1) is 12.9 Å². The molecule has 0 saturated heterocycles. The first kappa shape index (κ1) is 20.7. The number of hydrogen-bond acceptors (Lipinski definition) is 4. The molecule has 0 aliphatic heterocycles. The third kappa shape index (κ3) is 2.70. The van der Waals surface area contributed by atoms with Crippen molar-refractivity contribution in [3.63, 3.8) is 0 Å². The van der Waals surface area contributed by atoms with Crippen LogP contribution in [0.5, 0.6) is 0 Å². The zero-order valence-electron chi connectivity index (χ0n) is 18.9. The molecule has 0 aromatic heterocycles. The molecule has 29 heavy (non-hydrogen) atoms. The molecule has 4 aliphatic rings. The number of Topliss-reactive ketones (excluding diaryl/α,β-unsaturated/α-hetero) is 1. The van der Waals surface area contributed by atoms with E-state index in [1.807, 2.05) is 0 Å². The molecule has 0 N–H and O–H groups in total. The standard InChI is InChI=1S/C25H36O4/c1-15-13-19-20(23(4)10-7-18(28-6)14-22(15)23)8-11-24(5)21(19)9-12-25(24,16(2)26)29-17(3)27/h14,19-21H,7-13H2,1-6H3/t19-,20+,21+,23-,24+,25+/m1/s1. The van der Waals surface area contributed by atoms with Gasteiger partial charge in [0.25, 0.3) is 0 Å². The minimum atomic E-state index is -0.942. The lowest BCUT2D eigenvalue weighted by molar-refractivity contribution is -0.186. The van der Waals surface area contributed by atoms with E-state index in [-0.39, 0.29) is 22.6 Å². The summed E-state index contributed by atoms with van der Waals surface area (Å²) in [6, 6.07) is 0. The van der Waals surface area contributed by atoms with Crippen molar-refractivity contribution < 1.29 is 19.1 Å². The van der Waals surface area contributed by atoms with Gasteiger partial charge in [0.15, 0.2) is 11.4 Å². The fraction of sp³-hybridized carbons (Fsp3) is 0.760. The first-order valence-electron chi connectivity index (χ1n) is 11.2. The van der Waals surface area contributed by atoms with Crippen LogP contribution in [0.1, 0.15) is 79.6 Å². The van der Waals surface area contributed by atoms with Gasteiger partial charge < -0.3 is 9.47 Å². The normalized spacial score (nSPS) is 43.7. The summed E-state index contributed by atoms with van der Waals surface area (Å²) in [7, 11) is 1.77. The minimum absolute atomic E-state index is 0.0245. The Morgan fingerprint density at radius 3 is 2.38 bits per heavy atom. The third-order valence-corrected chi connectivity index (χ3v) is 9.34. The van der Waals surface area contributed by atoms with E-state index >= 15 is 0 Å². The predicted octanol–water partition coefficient (Wildman–Crippen LogP) is 5.37. The van der Waals surface area contributed by atoms with E-state index in [1.54, 1.807) is 14.0 Å². The molecule has 0 aromatic rings. The SMILES string of the molecule is COC1=CC2=C(C)C[C@@H]3[C@H](CC[C@@]4(C)[C@H]3CC[C@]4(OC(C)=O)C(C)=O)[C@@]2(C)CC1. The highest BCUT2D eigenvalue weighted by atomic mass is 16.6. The Hall–Kier alpha value is -1.58. The first-order chi connectivity index (χ1) is 13.6. The van der Waals surface area contributed by atoms with E-state index in [0.717, 1.165) is 44.3 Å². The monoisotopic (exact) mass is 400 g/mol. The fourth-order valence-electron chi connectivity index (χ4n) is 7.96.